The van der Waals surface area contributed by atoms with Crippen molar-refractivity contribution in [1.82, 2.24) is 14.9 Å². The number of fused-ring (bicyclic) bond motifs is 1. The zero-order valence-electron chi connectivity index (χ0n) is 12.5. The summed E-state index contributed by atoms with van der Waals surface area (Å²) >= 11 is 3.73. The predicted octanol–water partition coefficient (Wildman–Crippen LogP) is 2.31. The second kappa shape index (κ2) is 6.31. The van der Waals surface area contributed by atoms with Crippen LogP contribution in [0.15, 0.2) is 17.8 Å². The van der Waals surface area contributed by atoms with Crippen LogP contribution in [0.4, 0.5) is 5.82 Å². The van der Waals surface area contributed by atoms with E-state index in [-0.39, 0.29) is 5.54 Å². The summed E-state index contributed by atoms with van der Waals surface area (Å²) in [6.45, 7) is 4.74. The molecule has 1 atom stereocenters. The largest absolute Gasteiger partial charge is 0.379 e. The molecule has 4 heterocycles. The second-order valence-corrected chi connectivity index (χ2v) is 7.84. The highest BCUT2D eigenvalue weighted by Gasteiger charge is 2.40. The molecule has 5 nitrogen and oxygen atoms in total. The minimum Gasteiger partial charge on any atom is -0.379 e. The average molecular weight is 336 g/mol. The molecule has 0 aliphatic carbocycles. The van der Waals surface area contributed by atoms with Gasteiger partial charge in [-0.05, 0) is 23.6 Å². The van der Waals surface area contributed by atoms with Gasteiger partial charge < -0.3 is 10.1 Å². The summed E-state index contributed by atoms with van der Waals surface area (Å²) < 4.78 is 5.53. The molecular formula is C15H20N4OS2. The number of nitrogens with zero attached hydrogens (tertiary/aromatic N) is 3. The van der Waals surface area contributed by atoms with Gasteiger partial charge in [-0.15, -0.1) is 11.3 Å². The number of anilines is 1. The summed E-state index contributed by atoms with van der Waals surface area (Å²) in [6, 6.07) is 2.10. The van der Waals surface area contributed by atoms with Crippen molar-refractivity contribution in [2.24, 2.45) is 0 Å². The quantitative estimate of drug-likeness (QED) is 0.925. The highest BCUT2D eigenvalue weighted by molar-refractivity contribution is 7.99. The van der Waals surface area contributed by atoms with Crippen molar-refractivity contribution >= 4 is 39.1 Å². The van der Waals surface area contributed by atoms with Gasteiger partial charge in [-0.3, -0.25) is 4.90 Å². The number of hydrogen-bond acceptors (Lipinski definition) is 7. The molecule has 22 heavy (non-hydrogen) atoms. The number of morpholine rings is 1. The fourth-order valence-corrected chi connectivity index (χ4v) is 5.52. The van der Waals surface area contributed by atoms with Gasteiger partial charge in [-0.25, -0.2) is 9.97 Å². The number of aromatic nitrogens is 2. The number of thiophene rings is 1. The van der Waals surface area contributed by atoms with Crippen molar-refractivity contribution in [2.75, 3.05) is 49.7 Å². The molecule has 0 unspecified atom stereocenters. The molecule has 2 aromatic rings. The maximum atomic E-state index is 5.53. The van der Waals surface area contributed by atoms with E-state index in [1.54, 1.807) is 17.7 Å². The van der Waals surface area contributed by atoms with E-state index in [2.05, 4.69) is 43.4 Å². The van der Waals surface area contributed by atoms with Gasteiger partial charge in [0.25, 0.3) is 0 Å². The van der Waals surface area contributed by atoms with Crippen molar-refractivity contribution in [3.63, 3.8) is 0 Å². The maximum Gasteiger partial charge on any atom is 0.138 e. The van der Waals surface area contributed by atoms with E-state index in [9.17, 15) is 0 Å². The van der Waals surface area contributed by atoms with Crippen LogP contribution in [0.5, 0.6) is 0 Å². The van der Waals surface area contributed by atoms with Gasteiger partial charge in [0.15, 0.2) is 0 Å². The van der Waals surface area contributed by atoms with Gasteiger partial charge in [0.05, 0.1) is 18.6 Å². The molecule has 2 fully saturated rings. The minimum atomic E-state index is 0.238. The van der Waals surface area contributed by atoms with Crippen LogP contribution in [0.1, 0.15) is 6.42 Å². The molecule has 0 spiro atoms. The standard InChI is InChI=1S/C15H20N4OS2/c1-7-22-14-12(1)13(17-11-18-14)16-9-15(2-8-21-10-15)19-3-5-20-6-4-19/h1,7,11H,2-6,8-10H2,(H,16,17,18)/t15-/m0/s1. The average Bonchev–Trinajstić information content (AvgIpc) is 3.24. The Morgan fingerprint density at radius 3 is 3.05 bits per heavy atom. The van der Waals surface area contributed by atoms with E-state index < -0.39 is 0 Å². The van der Waals surface area contributed by atoms with Crippen LogP contribution in [-0.2, 0) is 4.74 Å². The Hall–Kier alpha value is -0.890. The Labute approximate surface area is 138 Å². The molecule has 1 N–H and O–H groups in total. The van der Waals surface area contributed by atoms with Gasteiger partial charge in [-0.1, -0.05) is 0 Å². The summed E-state index contributed by atoms with van der Waals surface area (Å²) in [7, 11) is 0. The van der Waals surface area contributed by atoms with Crippen molar-refractivity contribution < 1.29 is 4.74 Å². The fourth-order valence-electron chi connectivity index (χ4n) is 3.31. The van der Waals surface area contributed by atoms with E-state index in [0.29, 0.717) is 0 Å². The molecule has 0 saturated carbocycles. The van der Waals surface area contributed by atoms with Crippen molar-refractivity contribution in [3.05, 3.63) is 17.8 Å². The Balaban J connectivity index is 1.53. The lowest BCUT2D eigenvalue weighted by molar-refractivity contribution is -0.00921. The van der Waals surface area contributed by atoms with Crippen LogP contribution in [0.2, 0.25) is 0 Å². The summed E-state index contributed by atoms with van der Waals surface area (Å²) in [5.74, 6) is 3.41. The first-order chi connectivity index (χ1) is 10.9. The lowest BCUT2D eigenvalue weighted by Gasteiger charge is -2.43. The smallest absolute Gasteiger partial charge is 0.138 e. The summed E-state index contributed by atoms with van der Waals surface area (Å²) in [5, 5.41) is 6.83. The molecule has 7 heteroatoms. The zero-order valence-corrected chi connectivity index (χ0v) is 14.1. The van der Waals surface area contributed by atoms with Crippen LogP contribution in [-0.4, -0.2) is 64.8 Å². The van der Waals surface area contributed by atoms with E-state index in [0.717, 1.165) is 48.9 Å². The van der Waals surface area contributed by atoms with Gasteiger partial charge >= 0.3 is 0 Å². The molecule has 2 aromatic heterocycles. The van der Waals surface area contributed by atoms with Crippen LogP contribution >= 0.6 is 23.1 Å². The summed E-state index contributed by atoms with van der Waals surface area (Å²) in [5.41, 5.74) is 0.238. The number of hydrogen-bond donors (Lipinski definition) is 1. The number of ether oxygens (including phenoxy) is 1. The van der Waals surface area contributed by atoms with Crippen molar-refractivity contribution in [2.45, 2.75) is 12.0 Å². The highest BCUT2D eigenvalue weighted by Crippen LogP contribution is 2.35. The lowest BCUT2D eigenvalue weighted by Crippen LogP contribution is -2.57. The molecule has 118 valence electrons. The van der Waals surface area contributed by atoms with E-state index in [1.807, 2.05) is 0 Å². The fraction of sp³-hybridized carbons (Fsp3) is 0.600. The Morgan fingerprint density at radius 1 is 1.32 bits per heavy atom. The van der Waals surface area contributed by atoms with Crippen LogP contribution in [0.3, 0.4) is 0 Å². The van der Waals surface area contributed by atoms with Gasteiger partial charge in [0, 0.05) is 30.9 Å². The third kappa shape index (κ3) is 2.71. The summed E-state index contributed by atoms with van der Waals surface area (Å²) in [6.07, 6.45) is 2.90. The second-order valence-electron chi connectivity index (χ2n) is 5.84. The van der Waals surface area contributed by atoms with E-state index in [1.165, 1.54) is 17.9 Å². The van der Waals surface area contributed by atoms with Gasteiger partial charge in [-0.2, -0.15) is 11.8 Å². The van der Waals surface area contributed by atoms with Crippen LogP contribution in [0.25, 0.3) is 10.2 Å². The first kappa shape index (κ1) is 14.7. The number of rotatable bonds is 4. The molecule has 2 saturated heterocycles. The maximum absolute atomic E-state index is 5.53. The van der Waals surface area contributed by atoms with Crippen molar-refractivity contribution in [1.29, 1.82) is 0 Å². The predicted molar refractivity (Wildman–Crippen MR) is 93.0 cm³/mol. The van der Waals surface area contributed by atoms with Crippen LogP contribution < -0.4 is 5.32 Å². The van der Waals surface area contributed by atoms with Crippen LogP contribution in [0, 0.1) is 0 Å². The molecule has 2 aliphatic rings. The normalized spacial score (nSPS) is 26.5. The molecule has 4 rings (SSSR count). The molecule has 0 radical (unpaired) electrons. The van der Waals surface area contributed by atoms with Gasteiger partial charge in [0.1, 0.15) is 17.0 Å². The Kier molecular flexibility index (Phi) is 4.21. The lowest BCUT2D eigenvalue weighted by atomic mass is 9.95. The first-order valence-corrected chi connectivity index (χ1v) is 9.73. The monoisotopic (exact) mass is 336 g/mol. The zero-order chi connectivity index (χ0) is 14.8. The minimum absolute atomic E-state index is 0.238. The molecule has 0 bridgehead atoms. The molecular weight excluding hydrogens is 316 g/mol. The van der Waals surface area contributed by atoms with E-state index in [4.69, 9.17) is 4.74 Å². The Bertz CT molecular complexity index is 635. The SMILES string of the molecule is c1nc(NC[C@@]2(N3CCOCC3)CCSC2)c2ccsc2n1. The third-order valence-corrected chi connectivity index (χ3v) is 6.67. The first-order valence-electron chi connectivity index (χ1n) is 7.70. The molecule has 0 amide bonds. The van der Waals surface area contributed by atoms with E-state index >= 15 is 0 Å². The molecule has 0 aromatic carbocycles. The third-order valence-electron chi connectivity index (χ3n) is 4.61. The topological polar surface area (TPSA) is 50.3 Å². The van der Waals surface area contributed by atoms with Crippen molar-refractivity contribution in [3.8, 4) is 0 Å². The Morgan fingerprint density at radius 2 is 2.23 bits per heavy atom. The summed E-state index contributed by atoms with van der Waals surface area (Å²) in [4.78, 5) is 12.5. The van der Waals surface area contributed by atoms with Gasteiger partial charge in [0.2, 0.25) is 0 Å². The highest BCUT2D eigenvalue weighted by atomic mass is 32.2. The number of nitrogens with one attached hydrogen (secondary N) is 1. The number of thioether (sulfide) groups is 1. The molecule has 2 aliphatic heterocycles.